The number of carbonyl (C=O) groups excluding carboxylic acids is 1. The molecule has 0 aromatic heterocycles. The van der Waals surface area contributed by atoms with E-state index in [1.807, 2.05) is 0 Å². The van der Waals surface area contributed by atoms with E-state index in [-0.39, 0.29) is 11.4 Å². The van der Waals surface area contributed by atoms with Crippen LogP contribution in [0.3, 0.4) is 0 Å². The van der Waals surface area contributed by atoms with Crippen molar-refractivity contribution in [1.29, 1.82) is 0 Å². The van der Waals surface area contributed by atoms with Crippen LogP contribution in [0.15, 0.2) is 12.2 Å². The third-order valence-corrected chi connectivity index (χ3v) is 13.9. The average Bonchev–Trinajstić information content (AvgIpc) is 3.63. The molecule has 0 aromatic rings. The van der Waals surface area contributed by atoms with Gasteiger partial charge >= 0.3 is 5.97 Å². The summed E-state index contributed by atoms with van der Waals surface area (Å²) in [6.07, 6.45) is 14.7. The van der Waals surface area contributed by atoms with Gasteiger partial charge in [0.05, 0.1) is 6.61 Å². The Kier molecular flexibility index (Phi) is 4.14. The van der Waals surface area contributed by atoms with Gasteiger partial charge in [-0.05, 0) is 141 Å². The second-order valence-electron chi connectivity index (χ2n) is 14.6. The van der Waals surface area contributed by atoms with Gasteiger partial charge in [0.15, 0.2) is 0 Å². The summed E-state index contributed by atoms with van der Waals surface area (Å²) in [6.45, 7) is 8.64. The predicted molar refractivity (Wildman–Crippen MR) is 129 cm³/mol. The number of esters is 1. The maximum Gasteiger partial charge on any atom is 0.333 e. The highest BCUT2D eigenvalue weighted by Crippen LogP contribution is 2.82. The molecule has 8 rings (SSSR count). The fraction of sp³-hybridized carbons (Fsp3) is 0.903. The lowest BCUT2D eigenvalue weighted by atomic mass is 9.52. The molecule has 0 spiro atoms. The van der Waals surface area contributed by atoms with E-state index in [1.54, 1.807) is 39.0 Å². The van der Waals surface area contributed by atoms with E-state index in [0.717, 1.165) is 82.9 Å². The monoisotopic (exact) mass is 448 g/mol. The largest absolute Gasteiger partial charge is 0.462 e. The van der Waals surface area contributed by atoms with E-state index in [0.29, 0.717) is 12.2 Å². The maximum absolute atomic E-state index is 12.4. The summed E-state index contributed by atoms with van der Waals surface area (Å²) >= 11 is 0. The van der Waals surface area contributed by atoms with Gasteiger partial charge in [-0.1, -0.05) is 26.3 Å². The number of carbonyl (C=O) groups is 1. The molecule has 0 aliphatic heterocycles. The van der Waals surface area contributed by atoms with Gasteiger partial charge in [-0.15, -0.1) is 0 Å². The molecule has 8 bridgehead atoms. The zero-order chi connectivity index (χ0) is 22.2. The number of unbranched alkanes of at least 4 members (excludes halogenated alkanes) is 1. The Morgan fingerprint density at radius 1 is 0.848 bits per heavy atom. The van der Waals surface area contributed by atoms with Gasteiger partial charge in [0, 0.05) is 11.0 Å². The minimum Gasteiger partial charge on any atom is -0.462 e. The standard InChI is InChI=1S/C31H44O2/c1-4-5-8-31(14-33-30(32)15(2)3)13-18-10-23(31)29-22-12-21(26(18)29)27-19-11-20(28(22)27)25-17-7-6-16(9-17)24(19)25/h16-29H,2,4-14H2,1,3H3. The first kappa shape index (κ1) is 20.4. The van der Waals surface area contributed by atoms with Crippen molar-refractivity contribution < 1.29 is 9.53 Å². The van der Waals surface area contributed by atoms with E-state index < -0.39 is 0 Å². The number of hydrogen-bond acceptors (Lipinski definition) is 2. The van der Waals surface area contributed by atoms with Crippen LogP contribution in [0.5, 0.6) is 0 Å². The minimum atomic E-state index is -0.159. The Bertz CT molecular complexity index is 891. The van der Waals surface area contributed by atoms with Crippen LogP contribution in [-0.4, -0.2) is 12.6 Å². The van der Waals surface area contributed by atoms with Gasteiger partial charge in [0.1, 0.15) is 0 Å². The molecule has 2 heteroatoms. The van der Waals surface area contributed by atoms with E-state index >= 15 is 0 Å². The van der Waals surface area contributed by atoms with Crippen molar-refractivity contribution in [3.05, 3.63) is 12.2 Å². The lowest BCUT2D eigenvalue weighted by Gasteiger charge is -2.53. The van der Waals surface area contributed by atoms with Crippen molar-refractivity contribution in [2.45, 2.75) is 78.1 Å². The molecule has 33 heavy (non-hydrogen) atoms. The van der Waals surface area contributed by atoms with Gasteiger partial charge < -0.3 is 4.74 Å². The number of hydrogen-bond donors (Lipinski definition) is 0. The molecule has 8 aliphatic carbocycles. The first-order chi connectivity index (χ1) is 16.0. The Morgan fingerprint density at radius 3 is 2.06 bits per heavy atom. The van der Waals surface area contributed by atoms with Crippen LogP contribution in [0.1, 0.15) is 78.1 Å². The smallest absolute Gasteiger partial charge is 0.333 e. The van der Waals surface area contributed by atoms with Crippen molar-refractivity contribution in [3.8, 4) is 0 Å². The third kappa shape index (κ3) is 2.36. The second kappa shape index (κ2) is 6.70. The van der Waals surface area contributed by atoms with E-state index in [1.165, 1.54) is 32.1 Å². The van der Waals surface area contributed by atoms with Crippen molar-refractivity contribution in [2.24, 2.45) is 88.3 Å². The highest BCUT2D eigenvalue weighted by atomic mass is 16.5. The quantitative estimate of drug-likeness (QED) is 0.255. The van der Waals surface area contributed by atoms with Crippen molar-refractivity contribution in [3.63, 3.8) is 0 Å². The van der Waals surface area contributed by atoms with E-state index in [2.05, 4.69) is 13.5 Å². The molecule has 8 aliphatic rings. The number of rotatable bonds is 6. The summed E-state index contributed by atoms with van der Waals surface area (Å²) in [7, 11) is 0. The summed E-state index contributed by atoms with van der Waals surface area (Å²) in [5, 5.41) is 0. The fourth-order valence-corrected chi connectivity index (χ4v) is 13.7. The molecule has 0 saturated heterocycles. The Balaban J connectivity index is 1.09. The topological polar surface area (TPSA) is 26.3 Å². The maximum atomic E-state index is 12.4. The normalized spacial score (nSPS) is 59.8. The average molecular weight is 449 g/mol. The Labute approximate surface area is 200 Å². The molecule has 15 unspecified atom stereocenters. The van der Waals surface area contributed by atoms with Crippen LogP contribution in [0.25, 0.3) is 0 Å². The summed E-state index contributed by atoms with van der Waals surface area (Å²) in [5.41, 5.74) is 0.839. The molecule has 8 saturated carbocycles. The Hall–Kier alpha value is -0.790. The van der Waals surface area contributed by atoms with Crippen molar-refractivity contribution in [2.75, 3.05) is 6.61 Å². The highest BCUT2D eigenvalue weighted by Gasteiger charge is 2.77. The SMILES string of the molecule is C=C(C)C(=O)OCC1(CCCC)CC2CC1C1C3CC(C21)C1C2CC(C4C5CCC(C5)C24)C31. The summed E-state index contributed by atoms with van der Waals surface area (Å²) in [4.78, 5) is 12.4. The molecule has 0 radical (unpaired) electrons. The molecule has 0 aromatic carbocycles. The highest BCUT2D eigenvalue weighted by molar-refractivity contribution is 5.86. The molecular formula is C31H44O2. The fourth-order valence-electron chi connectivity index (χ4n) is 13.7. The number of fused-ring (bicyclic) bond motifs is 23. The Morgan fingerprint density at radius 2 is 1.45 bits per heavy atom. The molecule has 180 valence electrons. The molecule has 2 nitrogen and oxygen atoms in total. The lowest BCUT2D eigenvalue weighted by molar-refractivity contribution is -0.147. The van der Waals surface area contributed by atoms with Crippen molar-refractivity contribution in [1.82, 2.24) is 0 Å². The van der Waals surface area contributed by atoms with Crippen LogP contribution in [0.4, 0.5) is 0 Å². The molecular weight excluding hydrogens is 404 g/mol. The first-order valence-electron chi connectivity index (χ1n) is 14.8. The predicted octanol–water partition coefficient (Wildman–Crippen LogP) is 6.75. The van der Waals surface area contributed by atoms with Crippen LogP contribution in [-0.2, 0) is 9.53 Å². The van der Waals surface area contributed by atoms with Crippen LogP contribution < -0.4 is 0 Å². The van der Waals surface area contributed by atoms with Crippen molar-refractivity contribution >= 4 is 5.97 Å². The zero-order valence-electron chi connectivity index (χ0n) is 20.9. The van der Waals surface area contributed by atoms with Crippen LogP contribution in [0.2, 0.25) is 0 Å². The van der Waals surface area contributed by atoms with Crippen LogP contribution >= 0.6 is 0 Å². The summed E-state index contributed by atoms with van der Waals surface area (Å²) < 4.78 is 5.96. The molecule has 15 atom stereocenters. The first-order valence-corrected chi connectivity index (χ1v) is 14.8. The number of ether oxygens (including phenoxy) is 1. The lowest BCUT2D eigenvalue weighted by Crippen LogP contribution is -2.50. The van der Waals surface area contributed by atoms with E-state index in [9.17, 15) is 4.79 Å². The van der Waals surface area contributed by atoms with Gasteiger partial charge in [-0.25, -0.2) is 4.79 Å². The van der Waals surface area contributed by atoms with E-state index in [4.69, 9.17) is 4.74 Å². The zero-order valence-corrected chi connectivity index (χ0v) is 20.9. The minimum absolute atomic E-state index is 0.159. The third-order valence-electron chi connectivity index (χ3n) is 13.9. The molecule has 0 N–H and O–H groups in total. The summed E-state index contributed by atoms with van der Waals surface area (Å²) in [5.74, 6) is 14.8. The second-order valence-corrected chi connectivity index (χ2v) is 14.6. The molecule has 0 heterocycles. The molecule has 0 amide bonds. The summed E-state index contributed by atoms with van der Waals surface area (Å²) in [6, 6.07) is 0. The van der Waals surface area contributed by atoms with Gasteiger partial charge in [0.2, 0.25) is 0 Å². The van der Waals surface area contributed by atoms with Gasteiger partial charge in [-0.3, -0.25) is 0 Å². The molecule has 8 fully saturated rings. The van der Waals surface area contributed by atoms with Gasteiger partial charge in [-0.2, -0.15) is 0 Å². The van der Waals surface area contributed by atoms with Crippen LogP contribution in [0, 0.1) is 88.3 Å². The van der Waals surface area contributed by atoms with Gasteiger partial charge in [0.25, 0.3) is 0 Å².